The molecule has 1 atom stereocenters. The Bertz CT molecular complexity index is 355. The zero-order chi connectivity index (χ0) is 12.8. The van der Waals surface area contributed by atoms with Crippen molar-refractivity contribution in [1.82, 2.24) is 15.3 Å². The fraction of sp³-hybridized carbons (Fsp3) is 0.692. The standard InChI is InChI=1S/C13H22N4S/c1-3-4-14-7-12-8-15-13(16-9-12)17-5-6-18-10-11(17)2/h8-9,11,14H,3-7,10H2,1-2H3. The number of rotatable bonds is 5. The highest BCUT2D eigenvalue weighted by Crippen LogP contribution is 2.20. The summed E-state index contributed by atoms with van der Waals surface area (Å²) in [6, 6.07) is 0.535. The largest absolute Gasteiger partial charge is 0.336 e. The van der Waals surface area contributed by atoms with Crippen molar-refractivity contribution in [1.29, 1.82) is 0 Å². The Morgan fingerprint density at radius 1 is 1.44 bits per heavy atom. The zero-order valence-electron chi connectivity index (χ0n) is 11.2. The smallest absolute Gasteiger partial charge is 0.225 e. The Hall–Kier alpha value is -0.810. The molecule has 0 aliphatic carbocycles. The van der Waals surface area contributed by atoms with E-state index >= 15 is 0 Å². The van der Waals surface area contributed by atoms with Crippen molar-refractivity contribution >= 4 is 17.7 Å². The van der Waals surface area contributed by atoms with Gasteiger partial charge in [0.15, 0.2) is 0 Å². The summed E-state index contributed by atoms with van der Waals surface area (Å²) >= 11 is 2.01. The van der Waals surface area contributed by atoms with Crippen molar-refractivity contribution in [2.45, 2.75) is 32.9 Å². The molecule has 0 saturated carbocycles. The van der Waals surface area contributed by atoms with Crippen LogP contribution in [0.2, 0.25) is 0 Å². The van der Waals surface area contributed by atoms with Crippen molar-refractivity contribution < 1.29 is 0 Å². The lowest BCUT2D eigenvalue weighted by Crippen LogP contribution is -2.41. The SMILES string of the molecule is CCCNCc1cnc(N2CCSCC2C)nc1. The highest BCUT2D eigenvalue weighted by atomic mass is 32.2. The molecule has 0 bridgehead atoms. The molecule has 0 amide bonds. The molecule has 0 radical (unpaired) electrons. The van der Waals surface area contributed by atoms with E-state index in [0.29, 0.717) is 6.04 Å². The van der Waals surface area contributed by atoms with Crippen molar-refractivity contribution in [2.75, 3.05) is 29.5 Å². The molecule has 1 fully saturated rings. The normalized spacial score (nSPS) is 20.1. The summed E-state index contributed by atoms with van der Waals surface area (Å²) in [5, 5.41) is 3.36. The molecule has 1 aromatic rings. The van der Waals surface area contributed by atoms with Crippen LogP contribution in [0.5, 0.6) is 0 Å². The van der Waals surface area contributed by atoms with Crippen LogP contribution in [0, 0.1) is 0 Å². The number of anilines is 1. The van der Waals surface area contributed by atoms with Gasteiger partial charge < -0.3 is 10.2 Å². The van der Waals surface area contributed by atoms with Gasteiger partial charge in [0.1, 0.15) is 0 Å². The van der Waals surface area contributed by atoms with E-state index in [-0.39, 0.29) is 0 Å². The molecule has 1 aliphatic rings. The van der Waals surface area contributed by atoms with Crippen LogP contribution < -0.4 is 10.2 Å². The molecule has 0 aromatic carbocycles. The average molecular weight is 266 g/mol. The van der Waals surface area contributed by atoms with Crippen molar-refractivity contribution in [3.05, 3.63) is 18.0 Å². The predicted molar refractivity (Wildman–Crippen MR) is 78.2 cm³/mol. The van der Waals surface area contributed by atoms with Gasteiger partial charge in [0.25, 0.3) is 0 Å². The van der Waals surface area contributed by atoms with E-state index in [2.05, 4.69) is 34.0 Å². The molecule has 1 unspecified atom stereocenters. The van der Waals surface area contributed by atoms with E-state index in [1.807, 2.05) is 24.2 Å². The van der Waals surface area contributed by atoms with Crippen LogP contribution in [0.15, 0.2) is 12.4 Å². The first-order valence-electron chi connectivity index (χ1n) is 6.67. The third-order valence-corrected chi connectivity index (χ3v) is 4.26. The summed E-state index contributed by atoms with van der Waals surface area (Å²) in [5.41, 5.74) is 1.16. The summed E-state index contributed by atoms with van der Waals surface area (Å²) in [7, 11) is 0. The van der Waals surface area contributed by atoms with E-state index in [1.54, 1.807) is 0 Å². The molecule has 2 heterocycles. The minimum atomic E-state index is 0.535. The first-order valence-corrected chi connectivity index (χ1v) is 7.82. The molecular weight excluding hydrogens is 244 g/mol. The van der Waals surface area contributed by atoms with Gasteiger partial charge in [-0.15, -0.1) is 0 Å². The highest BCUT2D eigenvalue weighted by Gasteiger charge is 2.20. The topological polar surface area (TPSA) is 41.1 Å². The Balaban J connectivity index is 1.94. The molecule has 4 nitrogen and oxygen atoms in total. The van der Waals surface area contributed by atoms with Gasteiger partial charge in [-0.05, 0) is 19.9 Å². The molecule has 1 saturated heterocycles. The molecule has 0 spiro atoms. The maximum Gasteiger partial charge on any atom is 0.225 e. The highest BCUT2D eigenvalue weighted by molar-refractivity contribution is 7.99. The van der Waals surface area contributed by atoms with Crippen molar-refractivity contribution in [2.24, 2.45) is 0 Å². The first kappa shape index (κ1) is 13.6. The molecule has 5 heteroatoms. The lowest BCUT2D eigenvalue weighted by molar-refractivity contribution is 0.661. The number of nitrogens with zero attached hydrogens (tertiary/aromatic N) is 3. The second kappa shape index (κ2) is 6.95. The third-order valence-electron chi connectivity index (χ3n) is 3.07. The number of aromatic nitrogens is 2. The summed E-state index contributed by atoms with van der Waals surface area (Å²) in [4.78, 5) is 11.3. The van der Waals surface area contributed by atoms with E-state index in [9.17, 15) is 0 Å². The number of thioether (sulfide) groups is 1. The number of hydrogen-bond donors (Lipinski definition) is 1. The van der Waals surface area contributed by atoms with Gasteiger partial charge in [-0.25, -0.2) is 9.97 Å². The summed E-state index contributed by atoms with van der Waals surface area (Å²) in [6.07, 6.45) is 5.04. The molecule has 100 valence electrons. The fourth-order valence-corrected chi connectivity index (χ4v) is 3.03. The lowest BCUT2D eigenvalue weighted by Gasteiger charge is -2.32. The molecule has 2 rings (SSSR count). The van der Waals surface area contributed by atoms with Gasteiger partial charge in [0.05, 0.1) is 0 Å². The molecular formula is C13H22N4S. The van der Waals surface area contributed by atoms with E-state index < -0.39 is 0 Å². The van der Waals surface area contributed by atoms with Crippen LogP contribution in [0.3, 0.4) is 0 Å². The van der Waals surface area contributed by atoms with Crippen LogP contribution in [0.25, 0.3) is 0 Å². The lowest BCUT2D eigenvalue weighted by atomic mass is 10.3. The maximum absolute atomic E-state index is 4.50. The molecule has 18 heavy (non-hydrogen) atoms. The van der Waals surface area contributed by atoms with Gasteiger partial charge >= 0.3 is 0 Å². The van der Waals surface area contributed by atoms with E-state index in [4.69, 9.17) is 0 Å². The fourth-order valence-electron chi connectivity index (χ4n) is 2.02. The first-order chi connectivity index (χ1) is 8.81. The van der Waals surface area contributed by atoms with Crippen LogP contribution in [-0.2, 0) is 6.54 Å². The molecule has 1 aliphatic heterocycles. The van der Waals surface area contributed by atoms with Crippen LogP contribution in [0.4, 0.5) is 5.95 Å². The number of nitrogens with one attached hydrogen (secondary N) is 1. The third kappa shape index (κ3) is 3.59. The zero-order valence-corrected chi connectivity index (χ0v) is 12.0. The Labute approximate surface area is 114 Å². The Morgan fingerprint density at radius 3 is 2.89 bits per heavy atom. The van der Waals surface area contributed by atoms with Crippen LogP contribution in [0.1, 0.15) is 25.8 Å². The Morgan fingerprint density at radius 2 is 2.22 bits per heavy atom. The monoisotopic (exact) mass is 266 g/mol. The molecule has 1 N–H and O–H groups in total. The second-order valence-corrected chi connectivity index (χ2v) is 5.84. The van der Waals surface area contributed by atoms with Crippen molar-refractivity contribution in [3.63, 3.8) is 0 Å². The van der Waals surface area contributed by atoms with Gasteiger partial charge in [-0.2, -0.15) is 11.8 Å². The van der Waals surface area contributed by atoms with Gasteiger partial charge in [-0.3, -0.25) is 0 Å². The predicted octanol–water partition coefficient (Wildman–Crippen LogP) is 1.92. The van der Waals surface area contributed by atoms with Gasteiger partial charge in [0, 0.05) is 48.6 Å². The van der Waals surface area contributed by atoms with Crippen LogP contribution in [-0.4, -0.2) is 40.6 Å². The average Bonchev–Trinajstić information content (AvgIpc) is 2.41. The summed E-state index contributed by atoms with van der Waals surface area (Å²) in [5.74, 6) is 3.22. The van der Waals surface area contributed by atoms with Gasteiger partial charge in [0.2, 0.25) is 5.95 Å². The van der Waals surface area contributed by atoms with E-state index in [1.165, 1.54) is 11.5 Å². The second-order valence-electron chi connectivity index (χ2n) is 4.69. The number of hydrogen-bond acceptors (Lipinski definition) is 5. The minimum Gasteiger partial charge on any atom is -0.336 e. The minimum absolute atomic E-state index is 0.535. The summed E-state index contributed by atoms with van der Waals surface area (Å²) < 4.78 is 0. The van der Waals surface area contributed by atoms with E-state index in [0.717, 1.165) is 37.6 Å². The quantitative estimate of drug-likeness (QED) is 0.825. The maximum atomic E-state index is 4.50. The molecule has 1 aromatic heterocycles. The van der Waals surface area contributed by atoms with Gasteiger partial charge in [-0.1, -0.05) is 6.92 Å². The summed E-state index contributed by atoms with van der Waals surface area (Å²) in [6.45, 7) is 7.37. The van der Waals surface area contributed by atoms with Crippen LogP contribution >= 0.6 is 11.8 Å². The van der Waals surface area contributed by atoms with Crippen molar-refractivity contribution in [3.8, 4) is 0 Å². The Kier molecular flexibility index (Phi) is 5.26.